The van der Waals surface area contributed by atoms with Crippen LogP contribution in [0.25, 0.3) is 0 Å². The van der Waals surface area contributed by atoms with Gasteiger partial charge in [0.05, 0.1) is 11.1 Å². The lowest BCUT2D eigenvalue weighted by molar-refractivity contribution is 0.102. The van der Waals surface area contributed by atoms with Gasteiger partial charge in [0.15, 0.2) is 11.5 Å². The van der Waals surface area contributed by atoms with Gasteiger partial charge in [-0.1, -0.05) is 0 Å². The summed E-state index contributed by atoms with van der Waals surface area (Å²) < 4.78 is 0. The number of aromatic hydroxyl groups is 2. The molecule has 102 valence electrons. The van der Waals surface area contributed by atoms with Crippen molar-refractivity contribution in [2.45, 2.75) is 0 Å². The van der Waals surface area contributed by atoms with Gasteiger partial charge in [0.2, 0.25) is 0 Å². The number of nitriles is 2. The lowest BCUT2D eigenvalue weighted by Gasteiger charge is -2.07. The van der Waals surface area contributed by atoms with Crippen LogP contribution in [0, 0.1) is 22.7 Å². The van der Waals surface area contributed by atoms with Crippen molar-refractivity contribution in [2.75, 3.05) is 5.32 Å². The molecule has 0 aliphatic carbocycles. The van der Waals surface area contributed by atoms with Gasteiger partial charge in [0, 0.05) is 11.3 Å². The number of carbonyl (C=O) groups is 1. The molecule has 3 N–H and O–H groups in total. The number of carbonyl (C=O) groups excluding carboxylic acids is 1. The van der Waals surface area contributed by atoms with Crippen molar-refractivity contribution in [3.05, 3.63) is 53.1 Å². The molecule has 2 rings (SSSR count). The number of nitrogens with one attached hydrogen (secondary N) is 1. The smallest absolute Gasteiger partial charge is 0.255 e. The van der Waals surface area contributed by atoms with Crippen molar-refractivity contribution in [1.82, 2.24) is 0 Å². The summed E-state index contributed by atoms with van der Waals surface area (Å²) in [7, 11) is 0. The molecule has 0 fully saturated rings. The molecule has 1 amide bonds. The molecule has 0 unspecified atom stereocenters. The Hall–Kier alpha value is -3.51. The zero-order valence-corrected chi connectivity index (χ0v) is 10.7. The zero-order valence-electron chi connectivity index (χ0n) is 10.7. The maximum Gasteiger partial charge on any atom is 0.255 e. The standard InChI is InChI=1S/C15H9N3O3/c16-7-10-1-3-12(5-11(10)8-17)18-15(21)9-2-4-13(19)14(20)6-9/h1-6,19-20H,(H,18,21). The average Bonchev–Trinajstić information content (AvgIpc) is 2.49. The predicted octanol–water partition coefficient (Wildman–Crippen LogP) is 2.09. The lowest BCUT2D eigenvalue weighted by atomic mass is 10.1. The van der Waals surface area contributed by atoms with Gasteiger partial charge in [-0.15, -0.1) is 0 Å². The first-order chi connectivity index (χ1) is 10.0. The van der Waals surface area contributed by atoms with E-state index in [-0.39, 0.29) is 22.4 Å². The SMILES string of the molecule is N#Cc1ccc(NC(=O)c2ccc(O)c(O)c2)cc1C#N. The Balaban J connectivity index is 2.26. The van der Waals surface area contributed by atoms with Crippen LogP contribution >= 0.6 is 0 Å². The molecule has 0 saturated carbocycles. The molecule has 0 aliphatic heterocycles. The van der Waals surface area contributed by atoms with Gasteiger partial charge in [-0.05, 0) is 36.4 Å². The number of rotatable bonds is 2. The Bertz CT molecular complexity index is 801. The van der Waals surface area contributed by atoms with E-state index in [0.29, 0.717) is 5.69 Å². The highest BCUT2D eigenvalue weighted by atomic mass is 16.3. The van der Waals surface area contributed by atoms with E-state index >= 15 is 0 Å². The largest absolute Gasteiger partial charge is 0.504 e. The number of hydrogen-bond acceptors (Lipinski definition) is 5. The third-order valence-corrected chi connectivity index (χ3v) is 2.76. The van der Waals surface area contributed by atoms with E-state index < -0.39 is 11.7 Å². The normalized spacial score (nSPS) is 9.43. The van der Waals surface area contributed by atoms with Crippen LogP contribution in [0.1, 0.15) is 21.5 Å². The maximum absolute atomic E-state index is 12.0. The number of nitrogens with zero attached hydrogens (tertiary/aromatic N) is 2. The van der Waals surface area contributed by atoms with Gasteiger partial charge in [-0.25, -0.2) is 0 Å². The van der Waals surface area contributed by atoms with Crippen LogP contribution in [0.3, 0.4) is 0 Å². The fourth-order valence-electron chi connectivity index (χ4n) is 1.68. The van der Waals surface area contributed by atoms with Gasteiger partial charge in [0.25, 0.3) is 5.91 Å². The number of phenolic OH excluding ortho intramolecular Hbond substituents is 2. The molecule has 0 aromatic heterocycles. The van der Waals surface area contributed by atoms with Crippen molar-refractivity contribution in [3.8, 4) is 23.6 Å². The van der Waals surface area contributed by atoms with E-state index in [1.807, 2.05) is 12.1 Å². The highest BCUT2D eigenvalue weighted by Crippen LogP contribution is 2.25. The molecule has 0 aliphatic rings. The van der Waals surface area contributed by atoms with E-state index in [0.717, 1.165) is 6.07 Å². The minimum absolute atomic E-state index is 0.146. The van der Waals surface area contributed by atoms with Gasteiger partial charge >= 0.3 is 0 Å². The van der Waals surface area contributed by atoms with Gasteiger partial charge in [0.1, 0.15) is 12.1 Å². The van der Waals surface area contributed by atoms with Crippen LogP contribution < -0.4 is 5.32 Å². The second kappa shape index (κ2) is 5.64. The molecule has 2 aromatic carbocycles. The molecule has 0 radical (unpaired) electrons. The van der Waals surface area contributed by atoms with Crippen LogP contribution in [0.5, 0.6) is 11.5 Å². The fraction of sp³-hybridized carbons (Fsp3) is 0. The first kappa shape index (κ1) is 13.9. The Labute approximate surface area is 120 Å². The van der Waals surface area contributed by atoms with Crippen molar-refractivity contribution < 1.29 is 15.0 Å². The molecular weight excluding hydrogens is 270 g/mol. The van der Waals surface area contributed by atoms with Crippen molar-refractivity contribution in [3.63, 3.8) is 0 Å². The monoisotopic (exact) mass is 279 g/mol. The third-order valence-electron chi connectivity index (χ3n) is 2.76. The van der Waals surface area contributed by atoms with Crippen LogP contribution in [0.15, 0.2) is 36.4 Å². The first-order valence-corrected chi connectivity index (χ1v) is 5.82. The van der Waals surface area contributed by atoms with Gasteiger partial charge in [-0.2, -0.15) is 10.5 Å². The molecule has 21 heavy (non-hydrogen) atoms. The first-order valence-electron chi connectivity index (χ1n) is 5.82. The maximum atomic E-state index is 12.0. The number of anilines is 1. The Morgan fingerprint density at radius 1 is 0.952 bits per heavy atom. The summed E-state index contributed by atoms with van der Waals surface area (Å²) in [6.07, 6.45) is 0. The Kier molecular flexibility index (Phi) is 3.74. The lowest BCUT2D eigenvalue weighted by Crippen LogP contribution is -2.11. The third kappa shape index (κ3) is 2.91. The summed E-state index contributed by atoms with van der Waals surface area (Å²) in [5, 5.41) is 38.8. The van der Waals surface area contributed by atoms with Crippen LogP contribution in [-0.2, 0) is 0 Å². The molecule has 2 aromatic rings. The van der Waals surface area contributed by atoms with E-state index in [2.05, 4.69) is 5.32 Å². The summed E-state index contributed by atoms with van der Waals surface area (Å²) in [5.74, 6) is -1.24. The van der Waals surface area contributed by atoms with Crippen LogP contribution in [-0.4, -0.2) is 16.1 Å². The molecule has 0 heterocycles. The van der Waals surface area contributed by atoms with Gasteiger partial charge < -0.3 is 15.5 Å². The molecular formula is C15H9N3O3. The van der Waals surface area contributed by atoms with Crippen LogP contribution in [0.4, 0.5) is 5.69 Å². The van der Waals surface area contributed by atoms with Crippen molar-refractivity contribution >= 4 is 11.6 Å². The average molecular weight is 279 g/mol. The Morgan fingerprint density at radius 2 is 1.67 bits per heavy atom. The van der Waals surface area contributed by atoms with E-state index in [1.54, 1.807) is 0 Å². The highest BCUT2D eigenvalue weighted by Gasteiger charge is 2.10. The highest BCUT2D eigenvalue weighted by molar-refractivity contribution is 6.04. The minimum Gasteiger partial charge on any atom is -0.504 e. The molecule has 0 bridgehead atoms. The van der Waals surface area contributed by atoms with Gasteiger partial charge in [-0.3, -0.25) is 4.79 Å². The summed E-state index contributed by atoms with van der Waals surface area (Å²) >= 11 is 0. The topological polar surface area (TPSA) is 117 Å². The van der Waals surface area contributed by atoms with Crippen LogP contribution in [0.2, 0.25) is 0 Å². The molecule has 0 saturated heterocycles. The summed E-state index contributed by atoms with van der Waals surface area (Å²) in [6.45, 7) is 0. The number of benzene rings is 2. The minimum atomic E-state index is -0.515. The zero-order chi connectivity index (χ0) is 15.4. The molecule has 6 heteroatoms. The molecule has 0 atom stereocenters. The summed E-state index contributed by atoms with van der Waals surface area (Å²) in [4.78, 5) is 12.0. The van der Waals surface area contributed by atoms with E-state index in [1.165, 1.54) is 30.3 Å². The van der Waals surface area contributed by atoms with E-state index in [4.69, 9.17) is 10.5 Å². The molecule has 0 spiro atoms. The number of amides is 1. The van der Waals surface area contributed by atoms with Crippen molar-refractivity contribution in [1.29, 1.82) is 10.5 Å². The second-order valence-corrected chi connectivity index (χ2v) is 4.14. The predicted molar refractivity (Wildman–Crippen MR) is 73.6 cm³/mol. The van der Waals surface area contributed by atoms with E-state index in [9.17, 15) is 15.0 Å². The van der Waals surface area contributed by atoms with Crippen molar-refractivity contribution in [2.24, 2.45) is 0 Å². The number of phenols is 2. The Morgan fingerprint density at radius 3 is 2.29 bits per heavy atom. The summed E-state index contributed by atoms with van der Waals surface area (Å²) in [6, 6.07) is 11.7. The molecule has 6 nitrogen and oxygen atoms in total. The number of hydrogen-bond donors (Lipinski definition) is 3. The quantitative estimate of drug-likeness (QED) is 0.727. The second-order valence-electron chi connectivity index (χ2n) is 4.14. The fourth-order valence-corrected chi connectivity index (χ4v) is 1.68. The summed E-state index contributed by atoms with van der Waals surface area (Å²) in [5.41, 5.74) is 0.873.